The number of nitrogens with one attached hydrogen (secondary N) is 1. The molecular weight excluding hydrogens is 402 g/mol. The summed E-state index contributed by atoms with van der Waals surface area (Å²) in [5.74, 6) is -0.737. The second-order valence-corrected chi connectivity index (χ2v) is 7.74. The predicted molar refractivity (Wildman–Crippen MR) is 117 cm³/mol. The molecule has 0 radical (unpaired) electrons. The van der Waals surface area contributed by atoms with Crippen molar-refractivity contribution < 1.29 is 14.3 Å². The number of amides is 1. The summed E-state index contributed by atoms with van der Waals surface area (Å²) in [5.41, 5.74) is 3.92. The van der Waals surface area contributed by atoms with Crippen LogP contribution in [0, 0.1) is 6.92 Å². The van der Waals surface area contributed by atoms with E-state index in [0.29, 0.717) is 11.6 Å². The van der Waals surface area contributed by atoms with Crippen LogP contribution >= 0.6 is 11.6 Å². The number of hydrogen-bond acceptors (Lipinski definition) is 4. The Morgan fingerprint density at radius 1 is 1.17 bits per heavy atom. The minimum absolute atomic E-state index is 0.256. The SMILES string of the molecule is Cc1cccc(C(C)C)c1NC(=O)COC(=O)c1cnn(Cc2ccccc2Cl)c1. The number of carbonyl (C=O) groups is 2. The minimum Gasteiger partial charge on any atom is -0.452 e. The summed E-state index contributed by atoms with van der Waals surface area (Å²) in [6, 6.07) is 13.3. The molecule has 3 rings (SSSR count). The lowest BCUT2D eigenvalue weighted by Gasteiger charge is -2.16. The number of ether oxygens (including phenoxy) is 1. The predicted octanol–water partition coefficient (Wildman–Crippen LogP) is 4.81. The van der Waals surface area contributed by atoms with E-state index in [2.05, 4.69) is 24.3 Å². The van der Waals surface area contributed by atoms with Crippen LogP contribution in [-0.4, -0.2) is 28.3 Å². The van der Waals surface area contributed by atoms with E-state index < -0.39 is 5.97 Å². The summed E-state index contributed by atoms with van der Waals surface area (Å²) >= 11 is 6.16. The summed E-state index contributed by atoms with van der Waals surface area (Å²) < 4.78 is 6.76. The molecule has 7 heteroatoms. The fraction of sp³-hybridized carbons (Fsp3) is 0.261. The highest BCUT2D eigenvalue weighted by Gasteiger charge is 2.16. The number of para-hydroxylation sites is 1. The first kappa shape index (κ1) is 21.6. The number of aryl methyl sites for hydroxylation is 1. The Bertz CT molecular complexity index is 1060. The number of halogens is 1. The molecule has 0 saturated carbocycles. The number of hydrogen-bond donors (Lipinski definition) is 1. The Morgan fingerprint density at radius 3 is 2.67 bits per heavy atom. The lowest BCUT2D eigenvalue weighted by Crippen LogP contribution is -2.22. The van der Waals surface area contributed by atoms with Gasteiger partial charge >= 0.3 is 5.97 Å². The molecule has 0 unspecified atom stereocenters. The average molecular weight is 426 g/mol. The maximum absolute atomic E-state index is 12.3. The van der Waals surface area contributed by atoms with Gasteiger partial charge in [0, 0.05) is 16.9 Å². The zero-order chi connectivity index (χ0) is 21.7. The average Bonchev–Trinajstić information content (AvgIpc) is 3.18. The molecule has 3 aromatic rings. The molecule has 0 saturated heterocycles. The van der Waals surface area contributed by atoms with Gasteiger partial charge in [0.1, 0.15) is 0 Å². The largest absolute Gasteiger partial charge is 0.452 e. The Hall–Kier alpha value is -3.12. The molecule has 0 fully saturated rings. The summed E-state index contributed by atoms with van der Waals surface area (Å²) in [5, 5.41) is 7.66. The number of anilines is 1. The number of aromatic nitrogens is 2. The van der Waals surface area contributed by atoms with E-state index in [-0.39, 0.29) is 24.0 Å². The number of carbonyl (C=O) groups excluding carboxylic acids is 2. The standard InChI is InChI=1S/C23H24ClN3O3/c1-15(2)19-9-6-7-16(3)22(19)26-21(28)14-30-23(29)18-11-25-27(13-18)12-17-8-4-5-10-20(17)24/h4-11,13,15H,12,14H2,1-3H3,(H,26,28). The van der Waals surface area contributed by atoms with Crippen molar-refractivity contribution in [2.75, 3.05) is 11.9 Å². The van der Waals surface area contributed by atoms with Gasteiger partial charge in [0.05, 0.1) is 18.3 Å². The molecular formula is C23H24ClN3O3. The minimum atomic E-state index is -0.607. The van der Waals surface area contributed by atoms with Gasteiger partial charge in [0.2, 0.25) is 0 Å². The van der Waals surface area contributed by atoms with Gasteiger partial charge in [-0.1, -0.05) is 61.8 Å². The van der Waals surface area contributed by atoms with Crippen LogP contribution in [0.3, 0.4) is 0 Å². The lowest BCUT2D eigenvalue weighted by atomic mass is 9.98. The van der Waals surface area contributed by atoms with Crippen molar-refractivity contribution in [2.24, 2.45) is 0 Å². The van der Waals surface area contributed by atoms with Crippen molar-refractivity contribution in [2.45, 2.75) is 33.2 Å². The third-order valence-electron chi connectivity index (χ3n) is 4.68. The molecule has 6 nitrogen and oxygen atoms in total. The highest BCUT2D eigenvalue weighted by atomic mass is 35.5. The smallest absolute Gasteiger partial charge is 0.341 e. The highest BCUT2D eigenvalue weighted by molar-refractivity contribution is 6.31. The maximum atomic E-state index is 12.3. The van der Waals surface area contributed by atoms with E-state index in [1.165, 1.54) is 6.20 Å². The topological polar surface area (TPSA) is 73.2 Å². The van der Waals surface area contributed by atoms with Gasteiger partial charge in [-0.3, -0.25) is 9.48 Å². The molecule has 2 aromatic carbocycles. The molecule has 0 bridgehead atoms. The summed E-state index contributed by atoms with van der Waals surface area (Å²) in [6.07, 6.45) is 2.98. The fourth-order valence-electron chi connectivity index (χ4n) is 3.09. The van der Waals surface area contributed by atoms with Crippen molar-refractivity contribution in [1.29, 1.82) is 0 Å². The van der Waals surface area contributed by atoms with E-state index in [0.717, 1.165) is 22.4 Å². The first-order valence-corrected chi connectivity index (χ1v) is 10.0. The van der Waals surface area contributed by atoms with Crippen LogP contribution in [0.4, 0.5) is 5.69 Å². The number of rotatable bonds is 7. The molecule has 30 heavy (non-hydrogen) atoms. The molecule has 0 aliphatic rings. The van der Waals surface area contributed by atoms with Crippen LogP contribution in [0.1, 0.15) is 46.8 Å². The van der Waals surface area contributed by atoms with Crippen LogP contribution in [0.2, 0.25) is 5.02 Å². The third kappa shape index (κ3) is 5.27. The Balaban J connectivity index is 1.58. The van der Waals surface area contributed by atoms with Crippen LogP contribution in [0.5, 0.6) is 0 Å². The van der Waals surface area contributed by atoms with Gasteiger partial charge in [-0.05, 0) is 35.6 Å². The Labute approximate surface area is 180 Å². The molecule has 1 aromatic heterocycles. The molecule has 0 spiro atoms. The summed E-state index contributed by atoms with van der Waals surface area (Å²) in [4.78, 5) is 24.6. The van der Waals surface area contributed by atoms with Gasteiger partial charge in [0.15, 0.2) is 6.61 Å². The van der Waals surface area contributed by atoms with Crippen LogP contribution in [-0.2, 0) is 16.1 Å². The third-order valence-corrected chi connectivity index (χ3v) is 5.05. The Morgan fingerprint density at radius 2 is 1.93 bits per heavy atom. The second kappa shape index (κ2) is 9.59. The number of nitrogens with zero attached hydrogens (tertiary/aromatic N) is 2. The monoisotopic (exact) mass is 425 g/mol. The van der Waals surface area contributed by atoms with E-state index in [4.69, 9.17) is 16.3 Å². The van der Waals surface area contributed by atoms with Crippen LogP contribution < -0.4 is 5.32 Å². The van der Waals surface area contributed by atoms with E-state index in [1.807, 2.05) is 43.3 Å². The number of benzene rings is 2. The van der Waals surface area contributed by atoms with Crippen molar-refractivity contribution >= 4 is 29.2 Å². The van der Waals surface area contributed by atoms with E-state index in [1.54, 1.807) is 16.9 Å². The molecule has 1 N–H and O–H groups in total. The van der Waals surface area contributed by atoms with Crippen LogP contribution in [0.15, 0.2) is 54.9 Å². The Kier molecular flexibility index (Phi) is 6.90. The van der Waals surface area contributed by atoms with Gasteiger partial charge in [0.25, 0.3) is 5.91 Å². The van der Waals surface area contributed by atoms with Gasteiger partial charge in [-0.15, -0.1) is 0 Å². The highest BCUT2D eigenvalue weighted by Crippen LogP contribution is 2.27. The quantitative estimate of drug-likeness (QED) is 0.551. The molecule has 0 aliphatic carbocycles. The molecule has 0 atom stereocenters. The van der Waals surface area contributed by atoms with Crippen LogP contribution in [0.25, 0.3) is 0 Å². The van der Waals surface area contributed by atoms with E-state index in [9.17, 15) is 9.59 Å². The van der Waals surface area contributed by atoms with Crippen molar-refractivity contribution in [3.05, 3.63) is 82.1 Å². The lowest BCUT2D eigenvalue weighted by molar-refractivity contribution is -0.119. The number of esters is 1. The normalized spacial score (nSPS) is 10.8. The van der Waals surface area contributed by atoms with Crippen molar-refractivity contribution in [1.82, 2.24) is 9.78 Å². The summed E-state index contributed by atoms with van der Waals surface area (Å²) in [7, 11) is 0. The fourth-order valence-corrected chi connectivity index (χ4v) is 3.28. The van der Waals surface area contributed by atoms with Gasteiger partial charge in [-0.25, -0.2) is 4.79 Å². The van der Waals surface area contributed by atoms with Gasteiger partial charge in [-0.2, -0.15) is 5.10 Å². The maximum Gasteiger partial charge on any atom is 0.341 e. The van der Waals surface area contributed by atoms with E-state index >= 15 is 0 Å². The van der Waals surface area contributed by atoms with Gasteiger partial charge < -0.3 is 10.1 Å². The first-order valence-electron chi connectivity index (χ1n) is 9.67. The summed E-state index contributed by atoms with van der Waals surface area (Å²) in [6.45, 7) is 6.11. The van der Waals surface area contributed by atoms with Crippen molar-refractivity contribution in [3.8, 4) is 0 Å². The zero-order valence-corrected chi connectivity index (χ0v) is 17.9. The van der Waals surface area contributed by atoms with Crippen molar-refractivity contribution in [3.63, 3.8) is 0 Å². The molecule has 1 heterocycles. The molecule has 0 aliphatic heterocycles. The zero-order valence-electron chi connectivity index (χ0n) is 17.2. The second-order valence-electron chi connectivity index (χ2n) is 7.34. The molecule has 1 amide bonds. The first-order chi connectivity index (χ1) is 14.3. The molecule has 156 valence electrons.